The van der Waals surface area contributed by atoms with Crippen LogP contribution in [0.2, 0.25) is 0 Å². The van der Waals surface area contributed by atoms with Gasteiger partial charge in [0.05, 0.1) is 4.90 Å². The molecule has 0 atom stereocenters. The SMILES string of the molecule is CCCn1cc(S(=O)(=O)NC2CC(C)C2)cc1CNC. The molecule has 1 aliphatic carbocycles. The Balaban J connectivity index is 2.15. The molecule has 5 nitrogen and oxygen atoms in total. The van der Waals surface area contributed by atoms with E-state index in [0.29, 0.717) is 17.4 Å². The van der Waals surface area contributed by atoms with Crippen molar-refractivity contribution in [1.82, 2.24) is 14.6 Å². The molecule has 6 heteroatoms. The van der Waals surface area contributed by atoms with Gasteiger partial charge in [0.15, 0.2) is 0 Å². The second kappa shape index (κ2) is 6.28. The molecule has 114 valence electrons. The second-order valence-corrected chi connectivity index (χ2v) is 7.50. The number of nitrogens with zero attached hydrogens (tertiary/aromatic N) is 1. The first kappa shape index (κ1) is 15.5. The van der Waals surface area contributed by atoms with Gasteiger partial charge in [0.2, 0.25) is 10.0 Å². The molecular weight excluding hydrogens is 274 g/mol. The van der Waals surface area contributed by atoms with Crippen LogP contribution in [0.4, 0.5) is 0 Å². The van der Waals surface area contributed by atoms with Gasteiger partial charge in [0.1, 0.15) is 0 Å². The predicted octanol–water partition coefficient (Wildman–Crippen LogP) is 1.69. The first-order valence-corrected chi connectivity index (χ1v) is 8.80. The van der Waals surface area contributed by atoms with Crippen LogP contribution in [0.5, 0.6) is 0 Å². The lowest BCUT2D eigenvalue weighted by atomic mass is 9.83. The fourth-order valence-corrected chi connectivity index (χ4v) is 4.06. The molecule has 2 rings (SSSR count). The lowest BCUT2D eigenvalue weighted by molar-refractivity contribution is 0.270. The average Bonchev–Trinajstić information content (AvgIpc) is 2.72. The molecular formula is C14H25N3O2S. The van der Waals surface area contributed by atoms with Crippen LogP contribution < -0.4 is 10.0 Å². The lowest BCUT2D eigenvalue weighted by Crippen LogP contribution is -2.43. The van der Waals surface area contributed by atoms with Crippen molar-refractivity contribution in [2.24, 2.45) is 5.92 Å². The highest BCUT2D eigenvalue weighted by Crippen LogP contribution is 2.28. The van der Waals surface area contributed by atoms with Gasteiger partial charge in [-0.25, -0.2) is 13.1 Å². The summed E-state index contributed by atoms with van der Waals surface area (Å²) in [7, 11) is -1.51. The van der Waals surface area contributed by atoms with Crippen molar-refractivity contribution in [2.75, 3.05) is 7.05 Å². The van der Waals surface area contributed by atoms with Crippen LogP contribution in [0.25, 0.3) is 0 Å². The molecule has 0 aliphatic heterocycles. The minimum Gasteiger partial charge on any atom is -0.349 e. The average molecular weight is 299 g/mol. The first-order chi connectivity index (χ1) is 9.46. The largest absolute Gasteiger partial charge is 0.349 e. The fraction of sp³-hybridized carbons (Fsp3) is 0.714. The summed E-state index contributed by atoms with van der Waals surface area (Å²) in [4.78, 5) is 0.385. The zero-order valence-corrected chi connectivity index (χ0v) is 13.3. The van der Waals surface area contributed by atoms with Gasteiger partial charge in [-0.1, -0.05) is 13.8 Å². The minimum atomic E-state index is -3.38. The highest BCUT2D eigenvalue weighted by molar-refractivity contribution is 7.89. The topological polar surface area (TPSA) is 63.1 Å². The van der Waals surface area contributed by atoms with Crippen molar-refractivity contribution in [1.29, 1.82) is 0 Å². The maximum atomic E-state index is 12.4. The summed E-state index contributed by atoms with van der Waals surface area (Å²) >= 11 is 0. The number of hydrogen-bond acceptors (Lipinski definition) is 3. The molecule has 0 spiro atoms. The van der Waals surface area contributed by atoms with Gasteiger partial charge in [-0.3, -0.25) is 0 Å². The number of rotatable bonds is 7. The summed E-state index contributed by atoms with van der Waals surface area (Å²) in [6.07, 6.45) is 4.62. The molecule has 0 aromatic carbocycles. The van der Waals surface area contributed by atoms with Crippen molar-refractivity contribution in [2.45, 2.75) is 57.1 Å². The Morgan fingerprint density at radius 3 is 2.65 bits per heavy atom. The van der Waals surface area contributed by atoms with Gasteiger partial charge in [0, 0.05) is 31.0 Å². The van der Waals surface area contributed by atoms with E-state index in [1.807, 2.05) is 11.6 Å². The van der Waals surface area contributed by atoms with Gasteiger partial charge in [-0.15, -0.1) is 0 Å². The number of nitrogens with one attached hydrogen (secondary N) is 2. The Kier molecular flexibility index (Phi) is 4.88. The van der Waals surface area contributed by atoms with Crippen molar-refractivity contribution in [3.8, 4) is 0 Å². The van der Waals surface area contributed by atoms with E-state index in [1.165, 1.54) is 0 Å². The zero-order chi connectivity index (χ0) is 14.8. The maximum Gasteiger partial charge on any atom is 0.242 e. The van der Waals surface area contributed by atoms with Crippen molar-refractivity contribution in [3.05, 3.63) is 18.0 Å². The van der Waals surface area contributed by atoms with E-state index >= 15 is 0 Å². The monoisotopic (exact) mass is 299 g/mol. The molecule has 1 fully saturated rings. The van der Waals surface area contributed by atoms with E-state index in [0.717, 1.165) is 31.5 Å². The van der Waals surface area contributed by atoms with Gasteiger partial charge in [0.25, 0.3) is 0 Å². The Morgan fingerprint density at radius 1 is 1.40 bits per heavy atom. The van der Waals surface area contributed by atoms with Crippen molar-refractivity contribution in [3.63, 3.8) is 0 Å². The molecule has 0 unspecified atom stereocenters. The number of aromatic nitrogens is 1. The minimum absolute atomic E-state index is 0.109. The quantitative estimate of drug-likeness (QED) is 0.805. The number of hydrogen-bond donors (Lipinski definition) is 2. The van der Waals surface area contributed by atoms with Gasteiger partial charge in [-0.2, -0.15) is 0 Å². The molecule has 1 aromatic rings. The molecule has 1 saturated carbocycles. The van der Waals surface area contributed by atoms with Crippen LogP contribution in [0.3, 0.4) is 0 Å². The lowest BCUT2D eigenvalue weighted by Gasteiger charge is -2.32. The fourth-order valence-electron chi connectivity index (χ4n) is 2.74. The maximum absolute atomic E-state index is 12.4. The summed E-state index contributed by atoms with van der Waals surface area (Å²) in [5.41, 5.74) is 1.01. The molecule has 20 heavy (non-hydrogen) atoms. The van der Waals surface area contributed by atoms with Crippen LogP contribution in [-0.4, -0.2) is 26.1 Å². The molecule has 0 saturated heterocycles. The normalized spacial score (nSPS) is 22.8. The summed E-state index contributed by atoms with van der Waals surface area (Å²) in [5.74, 6) is 0.632. The van der Waals surface area contributed by atoms with E-state index in [9.17, 15) is 8.42 Å². The van der Waals surface area contributed by atoms with E-state index in [1.54, 1.807) is 12.3 Å². The molecule has 0 bridgehead atoms. The Labute approximate surface area is 121 Å². The Bertz CT molecular complexity index is 521. The van der Waals surface area contributed by atoms with Crippen LogP contribution in [0.15, 0.2) is 17.2 Å². The highest BCUT2D eigenvalue weighted by Gasteiger charge is 2.30. The highest BCUT2D eigenvalue weighted by atomic mass is 32.2. The molecule has 0 radical (unpaired) electrons. The van der Waals surface area contributed by atoms with Gasteiger partial charge in [-0.05, 0) is 38.3 Å². The Morgan fingerprint density at radius 2 is 2.10 bits per heavy atom. The molecule has 1 heterocycles. The smallest absolute Gasteiger partial charge is 0.242 e. The Hall–Kier alpha value is -0.850. The van der Waals surface area contributed by atoms with E-state index in [2.05, 4.69) is 23.9 Å². The summed E-state index contributed by atoms with van der Waals surface area (Å²) in [6, 6.07) is 1.88. The van der Waals surface area contributed by atoms with Crippen LogP contribution >= 0.6 is 0 Å². The molecule has 0 amide bonds. The van der Waals surface area contributed by atoms with Crippen molar-refractivity contribution >= 4 is 10.0 Å². The van der Waals surface area contributed by atoms with Crippen LogP contribution in [0, 0.1) is 5.92 Å². The molecule has 2 N–H and O–H groups in total. The molecule has 1 aromatic heterocycles. The standard InChI is InChI=1S/C14H25N3O2S/c1-4-5-17-10-14(8-13(17)9-15-3)20(18,19)16-12-6-11(2)7-12/h8,10-12,15-16H,4-7,9H2,1-3H3. The van der Waals surface area contributed by atoms with E-state index in [4.69, 9.17) is 0 Å². The third kappa shape index (κ3) is 3.42. The zero-order valence-electron chi connectivity index (χ0n) is 12.5. The molecule has 1 aliphatic rings. The van der Waals surface area contributed by atoms with Gasteiger partial charge < -0.3 is 9.88 Å². The van der Waals surface area contributed by atoms with Crippen LogP contribution in [-0.2, 0) is 23.1 Å². The van der Waals surface area contributed by atoms with Crippen LogP contribution in [0.1, 0.15) is 38.8 Å². The van der Waals surface area contributed by atoms with E-state index < -0.39 is 10.0 Å². The summed E-state index contributed by atoms with van der Waals surface area (Å²) in [6.45, 7) is 5.75. The van der Waals surface area contributed by atoms with Gasteiger partial charge >= 0.3 is 0 Å². The third-order valence-electron chi connectivity index (χ3n) is 3.79. The van der Waals surface area contributed by atoms with E-state index in [-0.39, 0.29) is 6.04 Å². The first-order valence-electron chi connectivity index (χ1n) is 7.32. The summed E-state index contributed by atoms with van der Waals surface area (Å²) in [5, 5.41) is 3.08. The van der Waals surface area contributed by atoms with Crippen molar-refractivity contribution < 1.29 is 8.42 Å². The summed E-state index contributed by atoms with van der Waals surface area (Å²) < 4.78 is 29.6. The predicted molar refractivity (Wildman–Crippen MR) is 80.0 cm³/mol. The third-order valence-corrected chi connectivity index (χ3v) is 5.28. The number of sulfonamides is 1. The second-order valence-electron chi connectivity index (χ2n) is 5.79. The number of aryl methyl sites for hydroxylation is 1.